The van der Waals surface area contributed by atoms with E-state index in [2.05, 4.69) is 9.97 Å². The number of amides is 1. The van der Waals surface area contributed by atoms with Gasteiger partial charge in [0.25, 0.3) is 0 Å². The van der Waals surface area contributed by atoms with Gasteiger partial charge >= 0.3 is 0 Å². The van der Waals surface area contributed by atoms with E-state index < -0.39 is 0 Å². The zero-order valence-corrected chi connectivity index (χ0v) is 16.2. The topological polar surface area (TPSA) is 73.8 Å². The Morgan fingerprint density at radius 2 is 1.89 bits per heavy atom. The van der Waals surface area contributed by atoms with Crippen LogP contribution in [0.25, 0.3) is 11.3 Å². The van der Waals surface area contributed by atoms with Crippen molar-refractivity contribution >= 4 is 28.1 Å². The van der Waals surface area contributed by atoms with Gasteiger partial charge < -0.3 is 14.2 Å². The highest BCUT2D eigenvalue weighted by Crippen LogP contribution is 2.37. The lowest BCUT2D eigenvalue weighted by Gasteiger charge is -2.17. The second-order valence-corrected chi connectivity index (χ2v) is 6.33. The Labute approximate surface area is 161 Å². The molecule has 0 unspecified atom stereocenters. The third-order valence-electron chi connectivity index (χ3n) is 3.87. The van der Waals surface area contributed by atoms with E-state index in [9.17, 15) is 4.79 Å². The maximum Gasteiger partial charge on any atom is 0.230 e. The first-order chi connectivity index (χ1) is 13.1. The summed E-state index contributed by atoms with van der Waals surface area (Å²) in [6, 6.07) is 8.98. The molecule has 0 aliphatic heterocycles. The number of hydrogen-bond acceptors (Lipinski definition) is 7. The molecule has 140 valence electrons. The molecule has 3 aromatic rings. The number of methoxy groups -OCH3 is 3. The van der Waals surface area contributed by atoms with Crippen molar-refractivity contribution in [3.63, 3.8) is 0 Å². The fourth-order valence-electron chi connectivity index (χ4n) is 2.55. The summed E-state index contributed by atoms with van der Waals surface area (Å²) in [5.41, 5.74) is 2.14. The van der Waals surface area contributed by atoms with E-state index in [1.54, 1.807) is 45.7 Å². The predicted octanol–water partition coefficient (Wildman–Crippen LogP) is 3.92. The van der Waals surface area contributed by atoms with E-state index in [0.717, 1.165) is 5.56 Å². The molecule has 0 saturated carbocycles. The maximum atomic E-state index is 12.2. The zero-order valence-electron chi connectivity index (χ0n) is 15.4. The Morgan fingerprint density at radius 3 is 2.48 bits per heavy atom. The number of nitrogens with zero attached hydrogens (tertiary/aromatic N) is 3. The van der Waals surface area contributed by atoms with Crippen LogP contribution in [0.2, 0.25) is 0 Å². The highest BCUT2D eigenvalue weighted by molar-refractivity contribution is 7.14. The van der Waals surface area contributed by atoms with E-state index in [0.29, 0.717) is 33.9 Å². The number of ether oxygens (including phenoxy) is 3. The first-order valence-electron chi connectivity index (χ1n) is 8.06. The zero-order chi connectivity index (χ0) is 19.4. The highest BCUT2D eigenvalue weighted by Gasteiger charge is 2.20. The van der Waals surface area contributed by atoms with Crippen molar-refractivity contribution in [1.29, 1.82) is 0 Å². The van der Waals surface area contributed by atoms with Crippen LogP contribution in [0.5, 0.6) is 17.4 Å². The number of carbonyl (C=O) groups is 1. The van der Waals surface area contributed by atoms with Crippen LogP contribution in [-0.4, -0.2) is 37.2 Å². The fraction of sp³-hybridized carbons (Fsp3) is 0.211. The van der Waals surface area contributed by atoms with Crippen LogP contribution < -0.4 is 19.1 Å². The summed E-state index contributed by atoms with van der Waals surface area (Å²) < 4.78 is 15.8. The van der Waals surface area contributed by atoms with Crippen LogP contribution in [0.3, 0.4) is 0 Å². The standard InChI is InChI=1S/C19H19N3O4S/c1-12(23)22(13-5-8-18(26-4)20-10-13)19-21-16(11-27-19)15-7-6-14(24-2)9-17(15)25-3/h5-11H,1-4H3. The molecule has 0 saturated heterocycles. The van der Waals surface area contributed by atoms with Gasteiger partial charge in [-0.1, -0.05) is 0 Å². The third-order valence-corrected chi connectivity index (χ3v) is 4.70. The molecule has 0 fully saturated rings. The van der Waals surface area contributed by atoms with Gasteiger partial charge in [-0.3, -0.25) is 9.69 Å². The number of rotatable bonds is 6. The third kappa shape index (κ3) is 3.85. The van der Waals surface area contributed by atoms with Crippen molar-refractivity contribution in [2.75, 3.05) is 26.2 Å². The summed E-state index contributed by atoms with van der Waals surface area (Å²) in [6.45, 7) is 1.49. The lowest BCUT2D eigenvalue weighted by molar-refractivity contribution is -0.115. The van der Waals surface area contributed by atoms with Crippen molar-refractivity contribution in [1.82, 2.24) is 9.97 Å². The summed E-state index contributed by atoms with van der Waals surface area (Å²) in [7, 11) is 4.74. The molecule has 3 rings (SSSR count). The number of anilines is 2. The van der Waals surface area contributed by atoms with Gasteiger partial charge in [0.1, 0.15) is 11.5 Å². The van der Waals surface area contributed by atoms with E-state index in [1.165, 1.54) is 23.2 Å². The van der Waals surface area contributed by atoms with Crippen LogP contribution in [0, 0.1) is 0 Å². The minimum absolute atomic E-state index is 0.162. The molecule has 8 heteroatoms. The lowest BCUT2D eigenvalue weighted by Crippen LogP contribution is -2.22. The van der Waals surface area contributed by atoms with Crippen LogP contribution in [-0.2, 0) is 4.79 Å². The monoisotopic (exact) mass is 385 g/mol. The minimum atomic E-state index is -0.162. The second-order valence-electron chi connectivity index (χ2n) is 5.49. The average Bonchev–Trinajstić information content (AvgIpc) is 3.17. The van der Waals surface area contributed by atoms with Gasteiger partial charge in [-0.2, -0.15) is 0 Å². The predicted molar refractivity (Wildman–Crippen MR) is 104 cm³/mol. The Balaban J connectivity index is 1.98. The van der Waals surface area contributed by atoms with E-state index in [-0.39, 0.29) is 5.91 Å². The second kappa shape index (κ2) is 8.05. The molecule has 0 radical (unpaired) electrons. The van der Waals surface area contributed by atoms with E-state index >= 15 is 0 Å². The number of thiazole rings is 1. The van der Waals surface area contributed by atoms with Crippen LogP contribution in [0.4, 0.5) is 10.8 Å². The molecule has 0 bridgehead atoms. The Kier molecular flexibility index (Phi) is 5.56. The highest BCUT2D eigenvalue weighted by atomic mass is 32.1. The molecule has 1 amide bonds. The Morgan fingerprint density at radius 1 is 1.07 bits per heavy atom. The van der Waals surface area contributed by atoms with Gasteiger partial charge in [0.15, 0.2) is 5.13 Å². The van der Waals surface area contributed by atoms with Gasteiger partial charge in [0.2, 0.25) is 11.8 Å². The molecule has 7 nitrogen and oxygen atoms in total. The summed E-state index contributed by atoms with van der Waals surface area (Å²) in [5, 5.41) is 2.43. The van der Waals surface area contributed by atoms with E-state index in [4.69, 9.17) is 14.2 Å². The van der Waals surface area contributed by atoms with Crippen LogP contribution in [0.15, 0.2) is 41.9 Å². The number of carbonyl (C=O) groups excluding carboxylic acids is 1. The van der Waals surface area contributed by atoms with Gasteiger partial charge in [0, 0.05) is 30.0 Å². The van der Waals surface area contributed by atoms with Crippen molar-refractivity contribution in [2.24, 2.45) is 0 Å². The summed E-state index contributed by atoms with van der Waals surface area (Å²) in [6.07, 6.45) is 1.58. The Hall–Kier alpha value is -3.13. The molecule has 2 heterocycles. The van der Waals surface area contributed by atoms with Crippen molar-refractivity contribution in [3.05, 3.63) is 41.9 Å². The first-order valence-corrected chi connectivity index (χ1v) is 8.94. The number of aromatic nitrogens is 2. The van der Waals surface area contributed by atoms with Crippen LogP contribution in [0.1, 0.15) is 6.92 Å². The molecule has 0 atom stereocenters. The van der Waals surface area contributed by atoms with E-state index in [1.807, 2.05) is 17.5 Å². The number of benzene rings is 1. The molecule has 2 aromatic heterocycles. The molecule has 0 spiro atoms. The average molecular weight is 385 g/mol. The molecule has 0 aliphatic rings. The number of pyridine rings is 1. The lowest BCUT2D eigenvalue weighted by atomic mass is 10.1. The van der Waals surface area contributed by atoms with Gasteiger partial charge in [0.05, 0.1) is 38.9 Å². The maximum absolute atomic E-state index is 12.2. The SMILES string of the molecule is COc1ccc(-c2csc(N(C(C)=O)c3ccc(OC)nc3)n2)c(OC)c1. The molecule has 0 N–H and O–H groups in total. The largest absolute Gasteiger partial charge is 0.497 e. The summed E-state index contributed by atoms with van der Waals surface area (Å²) in [4.78, 5) is 22.5. The molecular weight excluding hydrogens is 366 g/mol. The smallest absolute Gasteiger partial charge is 0.230 e. The van der Waals surface area contributed by atoms with Gasteiger partial charge in [-0.15, -0.1) is 11.3 Å². The first kappa shape index (κ1) is 18.7. The molecule has 0 aliphatic carbocycles. The Bertz CT molecular complexity index is 940. The van der Waals surface area contributed by atoms with Crippen molar-refractivity contribution < 1.29 is 19.0 Å². The normalized spacial score (nSPS) is 10.4. The molecular formula is C19H19N3O4S. The summed E-state index contributed by atoms with van der Waals surface area (Å²) >= 11 is 1.36. The molecule has 27 heavy (non-hydrogen) atoms. The summed E-state index contributed by atoms with van der Waals surface area (Å²) in [5.74, 6) is 1.65. The number of hydrogen-bond donors (Lipinski definition) is 0. The van der Waals surface area contributed by atoms with Crippen molar-refractivity contribution in [3.8, 4) is 28.6 Å². The fourth-order valence-corrected chi connectivity index (χ4v) is 3.44. The van der Waals surface area contributed by atoms with Gasteiger partial charge in [-0.25, -0.2) is 9.97 Å². The van der Waals surface area contributed by atoms with Gasteiger partial charge in [-0.05, 0) is 18.2 Å². The minimum Gasteiger partial charge on any atom is -0.497 e. The van der Waals surface area contributed by atoms with Crippen molar-refractivity contribution in [2.45, 2.75) is 6.92 Å². The van der Waals surface area contributed by atoms with Crippen LogP contribution >= 0.6 is 11.3 Å². The quantitative estimate of drug-likeness (QED) is 0.640. The molecule has 1 aromatic carbocycles.